The van der Waals surface area contributed by atoms with Crippen LogP contribution in [-0.2, 0) is 6.54 Å². The molecule has 0 aliphatic carbocycles. The Morgan fingerprint density at radius 1 is 1.29 bits per heavy atom. The zero-order valence-corrected chi connectivity index (χ0v) is 13.6. The van der Waals surface area contributed by atoms with E-state index >= 15 is 0 Å². The third-order valence-electron chi connectivity index (χ3n) is 4.60. The van der Waals surface area contributed by atoms with Gasteiger partial charge in [0, 0.05) is 44.1 Å². The second kappa shape index (κ2) is 6.03. The summed E-state index contributed by atoms with van der Waals surface area (Å²) in [6.07, 6.45) is 6.03. The van der Waals surface area contributed by atoms with Gasteiger partial charge >= 0.3 is 0 Å². The van der Waals surface area contributed by atoms with Gasteiger partial charge in [0.15, 0.2) is 5.65 Å². The Morgan fingerprint density at radius 3 is 2.96 bits per heavy atom. The predicted octanol–water partition coefficient (Wildman–Crippen LogP) is 2.48. The Labute approximate surface area is 140 Å². The summed E-state index contributed by atoms with van der Waals surface area (Å²) in [6.45, 7) is 4.37. The number of fused-ring (bicyclic) bond motifs is 1. The lowest BCUT2D eigenvalue weighted by molar-refractivity contribution is 0.0790. The lowest BCUT2D eigenvalue weighted by atomic mass is 10.1. The van der Waals surface area contributed by atoms with Crippen molar-refractivity contribution < 1.29 is 4.79 Å². The molecule has 0 bridgehead atoms. The molecule has 3 aromatic rings. The maximum atomic E-state index is 12.6. The van der Waals surface area contributed by atoms with Crippen molar-refractivity contribution >= 4 is 17.1 Å². The summed E-state index contributed by atoms with van der Waals surface area (Å²) in [5.74, 6) is 1.33. The van der Waals surface area contributed by atoms with Gasteiger partial charge in [0.1, 0.15) is 11.3 Å². The maximum Gasteiger partial charge on any atom is 0.255 e. The first kappa shape index (κ1) is 14.8. The largest absolute Gasteiger partial charge is 0.338 e. The minimum atomic E-state index is 0.0443. The Balaban J connectivity index is 1.60. The smallest absolute Gasteiger partial charge is 0.255 e. The molecule has 1 aliphatic rings. The van der Waals surface area contributed by atoms with Crippen LogP contribution < -0.4 is 0 Å². The van der Waals surface area contributed by atoms with Crippen molar-refractivity contribution in [1.82, 2.24) is 24.4 Å². The van der Waals surface area contributed by atoms with Crippen LogP contribution in [0.15, 0.2) is 42.9 Å². The number of rotatable bonds is 3. The lowest BCUT2D eigenvalue weighted by Crippen LogP contribution is -2.28. The number of nitrogens with zero attached hydrogens (tertiary/aromatic N) is 5. The van der Waals surface area contributed by atoms with Crippen LogP contribution in [-0.4, -0.2) is 43.4 Å². The molecule has 4 rings (SSSR count). The number of amides is 1. The van der Waals surface area contributed by atoms with E-state index in [0.717, 1.165) is 36.5 Å². The van der Waals surface area contributed by atoms with Gasteiger partial charge in [-0.25, -0.2) is 9.97 Å². The number of imidazole rings is 1. The van der Waals surface area contributed by atoms with E-state index < -0.39 is 0 Å². The molecule has 1 amide bonds. The third kappa shape index (κ3) is 2.44. The number of carbonyl (C=O) groups excluding carboxylic acids is 1. The van der Waals surface area contributed by atoms with Crippen LogP contribution in [0.25, 0.3) is 11.2 Å². The highest BCUT2D eigenvalue weighted by molar-refractivity contribution is 5.94. The Hall–Kier alpha value is -2.76. The number of likely N-dealkylation sites (tertiary alicyclic amines) is 1. The molecule has 0 radical (unpaired) electrons. The molecule has 4 heterocycles. The van der Waals surface area contributed by atoms with Crippen LogP contribution in [0.3, 0.4) is 0 Å². The third-order valence-corrected chi connectivity index (χ3v) is 4.60. The van der Waals surface area contributed by atoms with Gasteiger partial charge in [0.05, 0.1) is 5.56 Å². The first-order chi connectivity index (χ1) is 11.8. The number of hydrogen-bond donors (Lipinski definition) is 0. The summed E-state index contributed by atoms with van der Waals surface area (Å²) in [5.41, 5.74) is 2.49. The average Bonchev–Trinajstić information content (AvgIpc) is 3.26. The van der Waals surface area contributed by atoms with Crippen molar-refractivity contribution in [1.29, 1.82) is 0 Å². The highest BCUT2D eigenvalue weighted by atomic mass is 16.2. The fourth-order valence-electron chi connectivity index (χ4n) is 3.43. The minimum Gasteiger partial charge on any atom is -0.338 e. The first-order valence-corrected chi connectivity index (χ1v) is 8.28. The van der Waals surface area contributed by atoms with E-state index in [9.17, 15) is 4.79 Å². The zero-order chi connectivity index (χ0) is 16.5. The van der Waals surface area contributed by atoms with Gasteiger partial charge < -0.3 is 9.47 Å². The summed E-state index contributed by atoms with van der Waals surface area (Å²) in [5, 5.41) is 0. The maximum absolute atomic E-state index is 12.6. The van der Waals surface area contributed by atoms with Gasteiger partial charge in [0.2, 0.25) is 0 Å². The van der Waals surface area contributed by atoms with Crippen LogP contribution in [0, 0.1) is 0 Å². The molecule has 0 aromatic carbocycles. The van der Waals surface area contributed by atoms with Crippen molar-refractivity contribution in [2.24, 2.45) is 0 Å². The van der Waals surface area contributed by atoms with Gasteiger partial charge in [-0.2, -0.15) is 0 Å². The minimum absolute atomic E-state index is 0.0443. The molecule has 0 spiro atoms. The molecule has 1 aliphatic heterocycles. The molecular weight excluding hydrogens is 302 g/mol. The Morgan fingerprint density at radius 2 is 2.17 bits per heavy atom. The van der Waals surface area contributed by atoms with E-state index in [0.29, 0.717) is 12.1 Å². The molecular formula is C18H19N5O. The summed E-state index contributed by atoms with van der Waals surface area (Å²) in [7, 11) is 0. The molecule has 1 unspecified atom stereocenters. The van der Waals surface area contributed by atoms with Crippen LogP contribution in [0.4, 0.5) is 0 Å². The van der Waals surface area contributed by atoms with Gasteiger partial charge in [-0.15, -0.1) is 0 Å². The summed E-state index contributed by atoms with van der Waals surface area (Å²) in [6, 6.07) is 7.51. The van der Waals surface area contributed by atoms with Crippen LogP contribution in [0.1, 0.15) is 35.4 Å². The van der Waals surface area contributed by atoms with E-state index in [1.807, 2.05) is 23.1 Å². The monoisotopic (exact) mass is 321 g/mol. The second-order valence-electron chi connectivity index (χ2n) is 6.04. The summed E-state index contributed by atoms with van der Waals surface area (Å²) >= 11 is 0. The second-order valence-corrected chi connectivity index (χ2v) is 6.04. The van der Waals surface area contributed by atoms with Crippen molar-refractivity contribution in [3.8, 4) is 0 Å². The van der Waals surface area contributed by atoms with Crippen molar-refractivity contribution in [3.63, 3.8) is 0 Å². The van der Waals surface area contributed by atoms with Crippen LogP contribution in [0.2, 0.25) is 0 Å². The van der Waals surface area contributed by atoms with Crippen molar-refractivity contribution in [2.45, 2.75) is 25.8 Å². The molecule has 6 nitrogen and oxygen atoms in total. The molecule has 1 atom stereocenters. The summed E-state index contributed by atoms with van der Waals surface area (Å²) in [4.78, 5) is 27.8. The molecule has 122 valence electrons. The van der Waals surface area contributed by atoms with E-state index in [1.54, 1.807) is 24.7 Å². The van der Waals surface area contributed by atoms with E-state index in [1.165, 1.54) is 0 Å². The van der Waals surface area contributed by atoms with Gasteiger partial charge in [-0.3, -0.25) is 9.78 Å². The number of pyridine rings is 2. The molecule has 1 fully saturated rings. The lowest BCUT2D eigenvalue weighted by Gasteiger charge is -2.16. The highest BCUT2D eigenvalue weighted by Crippen LogP contribution is 2.29. The number of hydrogen-bond acceptors (Lipinski definition) is 4. The van der Waals surface area contributed by atoms with Crippen LogP contribution >= 0.6 is 0 Å². The standard InChI is InChI=1S/C18H19N5O/c1-2-23-16(21-15-6-4-9-20-17(15)23)14-7-10-22(12-14)18(24)13-5-3-8-19-11-13/h3-6,8-9,11,14H,2,7,10,12H2,1H3. The molecule has 6 heteroatoms. The Bertz CT molecular complexity index is 874. The normalized spacial score (nSPS) is 17.5. The quantitative estimate of drug-likeness (QED) is 0.743. The number of aryl methyl sites for hydroxylation is 1. The topological polar surface area (TPSA) is 63.9 Å². The number of carbonyl (C=O) groups is 1. The van der Waals surface area contributed by atoms with Gasteiger partial charge in [-0.05, 0) is 37.6 Å². The molecule has 0 saturated carbocycles. The summed E-state index contributed by atoms with van der Waals surface area (Å²) < 4.78 is 2.16. The fraction of sp³-hybridized carbons (Fsp3) is 0.333. The molecule has 24 heavy (non-hydrogen) atoms. The fourth-order valence-corrected chi connectivity index (χ4v) is 3.43. The van der Waals surface area contributed by atoms with Crippen molar-refractivity contribution in [3.05, 3.63) is 54.2 Å². The van der Waals surface area contributed by atoms with Crippen molar-refractivity contribution in [2.75, 3.05) is 13.1 Å². The van der Waals surface area contributed by atoms with E-state index in [2.05, 4.69) is 21.5 Å². The zero-order valence-electron chi connectivity index (χ0n) is 13.6. The molecule has 1 saturated heterocycles. The van der Waals surface area contributed by atoms with E-state index in [4.69, 9.17) is 4.98 Å². The first-order valence-electron chi connectivity index (χ1n) is 8.28. The molecule has 3 aromatic heterocycles. The molecule has 0 N–H and O–H groups in total. The van der Waals surface area contributed by atoms with E-state index in [-0.39, 0.29) is 11.8 Å². The van der Waals surface area contributed by atoms with Gasteiger partial charge in [0.25, 0.3) is 5.91 Å². The average molecular weight is 321 g/mol. The SMILES string of the molecule is CCn1c(C2CCN(C(=O)c3cccnc3)C2)nc2cccnc21. The van der Waals surface area contributed by atoms with Crippen LogP contribution in [0.5, 0.6) is 0 Å². The number of aromatic nitrogens is 4. The highest BCUT2D eigenvalue weighted by Gasteiger charge is 2.31. The predicted molar refractivity (Wildman–Crippen MR) is 90.7 cm³/mol. The van der Waals surface area contributed by atoms with Gasteiger partial charge in [-0.1, -0.05) is 0 Å². The Kier molecular flexibility index (Phi) is 3.72.